The van der Waals surface area contributed by atoms with Crippen LogP contribution in [0, 0.1) is 23.2 Å². The van der Waals surface area contributed by atoms with Gasteiger partial charge < -0.3 is 4.52 Å². The van der Waals surface area contributed by atoms with Crippen LogP contribution >= 0.6 is 0 Å². The molecule has 17 heavy (non-hydrogen) atoms. The molecule has 0 radical (unpaired) electrons. The summed E-state index contributed by atoms with van der Waals surface area (Å²) in [6.07, 6.45) is 5.45. The van der Waals surface area contributed by atoms with Crippen molar-refractivity contribution in [1.29, 1.82) is 5.26 Å². The Morgan fingerprint density at radius 3 is 3.06 bits per heavy atom. The highest BCUT2D eigenvalue weighted by Gasteiger charge is 2.24. The van der Waals surface area contributed by atoms with Gasteiger partial charge in [0.25, 0.3) is 0 Å². The molecule has 1 fully saturated rings. The molecule has 0 aliphatic heterocycles. The van der Waals surface area contributed by atoms with E-state index in [4.69, 9.17) is 9.78 Å². The molecule has 0 aromatic carbocycles. The largest absolute Gasteiger partial charge is 0.339 e. The summed E-state index contributed by atoms with van der Waals surface area (Å²) in [6, 6.07) is 2.18. The van der Waals surface area contributed by atoms with E-state index in [1.165, 1.54) is 12.8 Å². The van der Waals surface area contributed by atoms with Crippen LogP contribution in [0.4, 0.5) is 0 Å². The van der Waals surface area contributed by atoms with Crippen molar-refractivity contribution in [2.45, 2.75) is 51.9 Å². The normalized spacial score (nSPS) is 26.4. The van der Waals surface area contributed by atoms with Crippen molar-refractivity contribution in [2.75, 3.05) is 0 Å². The van der Waals surface area contributed by atoms with Crippen LogP contribution < -0.4 is 0 Å². The Bertz CT molecular complexity index is 407. The molecule has 1 saturated carbocycles. The van der Waals surface area contributed by atoms with Crippen LogP contribution in [0.3, 0.4) is 0 Å². The highest BCUT2D eigenvalue weighted by atomic mass is 16.5. The summed E-state index contributed by atoms with van der Waals surface area (Å²) in [6.45, 7) is 4.15. The Balaban J connectivity index is 2.00. The molecule has 1 aromatic heterocycles. The van der Waals surface area contributed by atoms with Gasteiger partial charge >= 0.3 is 0 Å². The van der Waals surface area contributed by atoms with Crippen LogP contribution in [0.5, 0.6) is 0 Å². The topological polar surface area (TPSA) is 62.7 Å². The Morgan fingerprint density at radius 1 is 1.53 bits per heavy atom. The highest BCUT2D eigenvalue weighted by molar-refractivity contribution is 4.99. The number of nitriles is 1. The molecule has 3 atom stereocenters. The van der Waals surface area contributed by atoms with Gasteiger partial charge in [0, 0.05) is 12.3 Å². The lowest BCUT2D eigenvalue weighted by atomic mass is 9.82. The molecule has 3 unspecified atom stereocenters. The SMILES string of the molecule is CC(C#N)Cc1nc(C2CCCC(C)C2)no1. The number of nitrogens with zero attached hydrogens (tertiary/aromatic N) is 3. The van der Waals surface area contributed by atoms with Crippen molar-refractivity contribution in [3.8, 4) is 6.07 Å². The van der Waals surface area contributed by atoms with Crippen LogP contribution in [-0.2, 0) is 6.42 Å². The first-order valence-electron chi connectivity index (χ1n) is 6.41. The predicted octanol–water partition coefficient (Wildman–Crippen LogP) is 3.07. The molecule has 1 aromatic rings. The summed E-state index contributed by atoms with van der Waals surface area (Å²) >= 11 is 0. The smallest absolute Gasteiger partial charge is 0.227 e. The van der Waals surface area contributed by atoms with Gasteiger partial charge in [0.2, 0.25) is 5.89 Å². The zero-order valence-electron chi connectivity index (χ0n) is 10.5. The second kappa shape index (κ2) is 5.31. The summed E-state index contributed by atoms with van der Waals surface area (Å²) in [5, 5.41) is 12.8. The quantitative estimate of drug-likeness (QED) is 0.804. The number of aromatic nitrogens is 2. The molecule has 0 N–H and O–H groups in total. The standard InChI is InChI=1S/C13H19N3O/c1-9-4-3-5-11(6-9)13-15-12(17-16-13)7-10(2)8-14/h9-11H,3-7H2,1-2H3. The molecule has 92 valence electrons. The molecule has 1 aliphatic carbocycles. The monoisotopic (exact) mass is 233 g/mol. The lowest BCUT2D eigenvalue weighted by Crippen LogP contribution is -2.13. The van der Waals surface area contributed by atoms with Crippen molar-refractivity contribution in [1.82, 2.24) is 10.1 Å². The first-order valence-corrected chi connectivity index (χ1v) is 6.41. The van der Waals surface area contributed by atoms with E-state index >= 15 is 0 Å². The molecule has 0 amide bonds. The van der Waals surface area contributed by atoms with Gasteiger partial charge in [-0.1, -0.05) is 24.9 Å². The third-order valence-corrected chi connectivity index (χ3v) is 3.49. The van der Waals surface area contributed by atoms with Crippen molar-refractivity contribution >= 4 is 0 Å². The molecule has 0 saturated heterocycles. The summed E-state index contributed by atoms with van der Waals surface area (Å²) in [5.74, 6) is 2.60. The van der Waals surface area contributed by atoms with E-state index in [0.717, 1.165) is 24.6 Å². The maximum atomic E-state index is 8.75. The summed E-state index contributed by atoms with van der Waals surface area (Å²) in [5.41, 5.74) is 0. The molecular weight excluding hydrogens is 214 g/mol. The van der Waals surface area contributed by atoms with Gasteiger partial charge in [0.1, 0.15) is 0 Å². The molecular formula is C13H19N3O. The molecule has 4 heteroatoms. The van der Waals surface area contributed by atoms with E-state index in [-0.39, 0.29) is 5.92 Å². The van der Waals surface area contributed by atoms with Crippen LogP contribution in [0.25, 0.3) is 0 Å². The molecule has 2 rings (SSSR count). The second-order valence-electron chi connectivity index (χ2n) is 5.25. The number of hydrogen-bond donors (Lipinski definition) is 0. The summed E-state index contributed by atoms with van der Waals surface area (Å²) < 4.78 is 5.21. The lowest BCUT2D eigenvalue weighted by molar-refractivity contribution is 0.318. The fraction of sp³-hybridized carbons (Fsp3) is 0.769. The zero-order chi connectivity index (χ0) is 12.3. The number of rotatable bonds is 3. The van der Waals surface area contributed by atoms with Gasteiger partial charge in [0.15, 0.2) is 5.82 Å². The molecule has 1 aliphatic rings. The molecule has 0 bridgehead atoms. The van der Waals surface area contributed by atoms with Crippen LogP contribution in [0.15, 0.2) is 4.52 Å². The van der Waals surface area contributed by atoms with Crippen molar-refractivity contribution in [2.24, 2.45) is 11.8 Å². The van der Waals surface area contributed by atoms with Crippen molar-refractivity contribution < 1.29 is 4.52 Å². The van der Waals surface area contributed by atoms with Crippen LogP contribution in [-0.4, -0.2) is 10.1 Å². The van der Waals surface area contributed by atoms with Gasteiger partial charge in [-0.2, -0.15) is 10.2 Å². The summed E-state index contributed by atoms with van der Waals surface area (Å²) in [7, 11) is 0. The third-order valence-electron chi connectivity index (χ3n) is 3.49. The van der Waals surface area contributed by atoms with E-state index < -0.39 is 0 Å². The minimum Gasteiger partial charge on any atom is -0.339 e. The van der Waals surface area contributed by atoms with Crippen LogP contribution in [0.1, 0.15) is 57.2 Å². The second-order valence-corrected chi connectivity index (χ2v) is 5.25. The highest BCUT2D eigenvalue weighted by Crippen LogP contribution is 2.34. The number of hydrogen-bond acceptors (Lipinski definition) is 4. The van der Waals surface area contributed by atoms with Crippen molar-refractivity contribution in [3.05, 3.63) is 11.7 Å². The van der Waals surface area contributed by atoms with Crippen molar-refractivity contribution in [3.63, 3.8) is 0 Å². The van der Waals surface area contributed by atoms with Gasteiger partial charge in [0.05, 0.1) is 12.0 Å². The van der Waals surface area contributed by atoms with E-state index in [2.05, 4.69) is 23.1 Å². The zero-order valence-corrected chi connectivity index (χ0v) is 10.5. The van der Waals surface area contributed by atoms with E-state index in [1.807, 2.05) is 6.92 Å². The maximum Gasteiger partial charge on any atom is 0.227 e. The average Bonchev–Trinajstić information content (AvgIpc) is 2.77. The van der Waals surface area contributed by atoms with Crippen LogP contribution in [0.2, 0.25) is 0 Å². The van der Waals surface area contributed by atoms with E-state index in [0.29, 0.717) is 18.2 Å². The Morgan fingerprint density at radius 2 is 2.35 bits per heavy atom. The Labute approximate surface area is 102 Å². The maximum absolute atomic E-state index is 8.75. The Hall–Kier alpha value is -1.37. The Kier molecular flexibility index (Phi) is 3.78. The minimum atomic E-state index is -0.0615. The first kappa shape index (κ1) is 12.1. The lowest BCUT2D eigenvalue weighted by Gasteiger charge is -2.23. The third kappa shape index (κ3) is 3.06. The van der Waals surface area contributed by atoms with E-state index in [9.17, 15) is 0 Å². The average molecular weight is 233 g/mol. The predicted molar refractivity (Wildman–Crippen MR) is 63.2 cm³/mol. The summed E-state index contributed by atoms with van der Waals surface area (Å²) in [4.78, 5) is 4.43. The van der Waals surface area contributed by atoms with Gasteiger partial charge in [-0.05, 0) is 25.7 Å². The van der Waals surface area contributed by atoms with E-state index in [1.54, 1.807) is 0 Å². The molecule has 4 nitrogen and oxygen atoms in total. The first-order chi connectivity index (χ1) is 8.19. The molecule has 1 heterocycles. The van der Waals surface area contributed by atoms with Gasteiger partial charge in [-0.25, -0.2) is 0 Å². The fourth-order valence-electron chi connectivity index (χ4n) is 2.49. The van der Waals surface area contributed by atoms with Gasteiger partial charge in [-0.15, -0.1) is 0 Å². The fourth-order valence-corrected chi connectivity index (χ4v) is 2.49. The minimum absolute atomic E-state index is 0.0615. The molecule has 0 spiro atoms. The van der Waals surface area contributed by atoms with Gasteiger partial charge in [-0.3, -0.25) is 0 Å².